The monoisotopic (exact) mass is 684 g/mol. The molecule has 6 nitrogen and oxygen atoms in total. The number of hydrogen-bond donors (Lipinski definition) is 1. The van der Waals surface area contributed by atoms with Crippen LogP contribution in [-0.4, -0.2) is 39.6 Å². The second-order valence-electron chi connectivity index (χ2n) is 8.69. The molecule has 0 fully saturated rings. The van der Waals surface area contributed by atoms with Gasteiger partial charge in [-0.1, -0.05) is 18.2 Å². The van der Waals surface area contributed by atoms with Crippen LogP contribution in [0.25, 0.3) is 0 Å². The third-order valence-corrected chi connectivity index (χ3v) is 7.49. The molecule has 0 saturated carbocycles. The fourth-order valence-corrected chi connectivity index (χ4v) is 5.50. The number of alkyl halides is 6. The van der Waals surface area contributed by atoms with Gasteiger partial charge in [-0.2, -0.15) is 43.2 Å². The number of nitrogens with zero attached hydrogens (tertiary/aromatic N) is 3. The van der Waals surface area contributed by atoms with E-state index in [0.717, 1.165) is 0 Å². The van der Waals surface area contributed by atoms with Crippen LogP contribution in [0.2, 0.25) is 0 Å². The normalized spacial score (nSPS) is 12.9. The van der Waals surface area contributed by atoms with Gasteiger partial charge in [-0.25, -0.2) is 0 Å². The van der Waals surface area contributed by atoms with E-state index in [2.05, 4.69) is 5.10 Å². The molecule has 2 aromatic carbocycles. The highest BCUT2D eigenvalue weighted by atomic mass is 127. The summed E-state index contributed by atoms with van der Waals surface area (Å²) in [5.41, 5.74) is 3.68. The lowest BCUT2D eigenvalue weighted by atomic mass is 10.0. The van der Waals surface area contributed by atoms with E-state index in [0.29, 0.717) is 20.6 Å². The SMILES string of the molecule is CSCC(C)N(C(=O)c1cccc(I)c1C(N)=O)c1ccc(Cn2nc(C(F)(F)F)cc2C(F)(F)F)cc1C. The molecule has 2 amide bonds. The zero-order chi connectivity index (χ0) is 29.3. The quantitative estimate of drug-likeness (QED) is 0.221. The fraction of sp³-hybridized carbons (Fsp3) is 0.320. The van der Waals surface area contributed by atoms with E-state index < -0.39 is 42.1 Å². The predicted molar refractivity (Wildman–Crippen MR) is 145 cm³/mol. The first kappa shape index (κ1) is 30.8. The van der Waals surface area contributed by atoms with Gasteiger partial charge >= 0.3 is 12.4 Å². The van der Waals surface area contributed by atoms with Crippen LogP contribution < -0.4 is 10.6 Å². The maximum Gasteiger partial charge on any atom is 0.435 e. The van der Waals surface area contributed by atoms with Gasteiger partial charge in [0.05, 0.1) is 17.7 Å². The van der Waals surface area contributed by atoms with Crippen molar-refractivity contribution in [3.05, 3.63) is 79.7 Å². The van der Waals surface area contributed by atoms with Crippen LogP contribution in [0.5, 0.6) is 0 Å². The predicted octanol–water partition coefficient (Wildman–Crippen LogP) is 6.38. The first-order valence-corrected chi connectivity index (χ1v) is 13.8. The summed E-state index contributed by atoms with van der Waals surface area (Å²) in [5.74, 6) is -0.752. The molecule has 1 atom stereocenters. The molecule has 14 heteroatoms. The molecule has 1 aromatic heterocycles. The number of nitrogens with two attached hydrogens (primary N) is 1. The lowest BCUT2D eigenvalue weighted by molar-refractivity contribution is -0.144. The molecule has 0 spiro atoms. The minimum atomic E-state index is -5.05. The van der Waals surface area contributed by atoms with Crippen molar-refractivity contribution < 1.29 is 35.9 Å². The van der Waals surface area contributed by atoms with Gasteiger partial charge in [-0.05, 0) is 72.0 Å². The van der Waals surface area contributed by atoms with E-state index in [1.54, 1.807) is 26.0 Å². The molecule has 0 saturated heterocycles. The van der Waals surface area contributed by atoms with Crippen LogP contribution in [0.15, 0.2) is 42.5 Å². The molecule has 1 heterocycles. The fourth-order valence-electron chi connectivity index (χ4n) is 4.11. The molecular weight excluding hydrogens is 661 g/mol. The number of carbonyl (C=O) groups is 2. The Balaban J connectivity index is 2.06. The number of primary amides is 1. The minimum absolute atomic E-state index is 0.0245. The number of amides is 2. The molecule has 3 aromatic rings. The number of hydrogen-bond acceptors (Lipinski definition) is 4. The number of halogens is 7. The van der Waals surface area contributed by atoms with Crippen molar-refractivity contribution in [2.24, 2.45) is 5.73 Å². The summed E-state index contributed by atoms with van der Waals surface area (Å²) in [4.78, 5) is 27.4. The molecule has 210 valence electrons. The lowest BCUT2D eigenvalue weighted by Gasteiger charge is -2.31. The maximum atomic E-state index is 13.8. The van der Waals surface area contributed by atoms with Crippen molar-refractivity contribution in [2.45, 2.75) is 38.8 Å². The Morgan fingerprint density at radius 1 is 1.10 bits per heavy atom. The van der Waals surface area contributed by atoms with Gasteiger partial charge in [0.15, 0.2) is 5.69 Å². The van der Waals surface area contributed by atoms with E-state index >= 15 is 0 Å². The topological polar surface area (TPSA) is 81.2 Å². The van der Waals surface area contributed by atoms with Crippen molar-refractivity contribution >= 4 is 51.9 Å². The van der Waals surface area contributed by atoms with Gasteiger partial charge in [-0.15, -0.1) is 0 Å². The summed E-state index contributed by atoms with van der Waals surface area (Å²) in [6, 6.07) is 8.78. The lowest BCUT2D eigenvalue weighted by Crippen LogP contribution is -2.41. The van der Waals surface area contributed by atoms with E-state index in [9.17, 15) is 35.9 Å². The average Bonchev–Trinajstić information content (AvgIpc) is 3.25. The Morgan fingerprint density at radius 2 is 1.77 bits per heavy atom. The number of aromatic nitrogens is 2. The highest BCUT2D eigenvalue weighted by Crippen LogP contribution is 2.36. The van der Waals surface area contributed by atoms with Crippen LogP contribution >= 0.6 is 34.4 Å². The summed E-state index contributed by atoms with van der Waals surface area (Å²) in [7, 11) is 0. The van der Waals surface area contributed by atoms with Crippen molar-refractivity contribution in [1.82, 2.24) is 9.78 Å². The number of rotatable bonds is 8. The first-order chi connectivity index (χ1) is 18.1. The molecule has 1 unspecified atom stereocenters. The van der Waals surface area contributed by atoms with E-state index in [4.69, 9.17) is 5.73 Å². The van der Waals surface area contributed by atoms with Gasteiger partial charge < -0.3 is 10.6 Å². The third kappa shape index (κ3) is 6.88. The number of anilines is 1. The highest BCUT2D eigenvalue weighted by Gasteiger charge is 2.42. The molecule has 0 aliphatic rings. The van der Waals surface area contributed by atoms with Gasteiger partial charge in [0, 0.05) is 27.1 Å². The molecule has 0 bridgehead atoms. The first-order valence-electron chi connectivity index (χ1n) is 11.3. The second kappa shape index (κ2) is 11.8. The van der Waals surface area contributed by atoms with E-state index in [1.807, 2.05) is 28.8 Å². The molecule has 3 rings (SSSR count). The Kier molecular flexibility index (Phi) is 9.30. The van der Waals surface area contributed by atoms with Crippen molar-refractivity contribution in [3.63, 3.8) is 0 Å². The molecule has 0 aliphatic heterocycles. The van der Waals surface area contributed by atoms with Crippen LogP contribution in [-0.2, 0) is 18.9 Å². The summed E-state index contributed by atoms with van der Waals surface area (Å²) in [6.07, 6.45) is -8.24. The van der Waals surface area contributed by atoms with Gasteiger partial charge in [0.2, 0.25) is 0 Å². The zero-order valence-corrected chi connectivity index (χ0v) is 23.8. The third-order valence-electron chi connectivity index (χ3n) is 5.77. The highest BCUT2D eigenvalue weighted by molar-refractivity contribution is 14.1. The number of benzene rings is 2. The number of aryl methyl sites for hydroxylation is 1. The molecule has 39 heavy (non-hydrogen) atoms. The van der Waals surface area contributed by atoms with Gasteiger partial charge in [0.25, 0.3) is 11.8 Å². The molecular formula is C25H23F6IN4O2S. The number of carbonyl (C=O) groups excluding carboxylic acids is 2. The standard InChI is InChI=1S/C25H23F6IN4O2S/c1-13-9-15(11-35-20(25(29,30)31)10-19(34-35)24(26,27)28)7-8-18(13)36(14(2)12-39-3)23(38)16-5-4-6-17(32)21(16)22(33)37/h4-10,14H,11-12H2,1-3H3,(H2,33,37). The smallest absolute Gasteiger partial charge is 0.366 e. The maximum absolute atomic E-state index is 13.8. The summed E-state index contributed by atoms with van der Waals surface area (Å²) in [5, 5.41) is 3.15. The van der Waals surface area contributed by atoms with Crippen LogP contribution in [0.1, 0.15) is 50.2 Å². The summed E-state index contributed by atoms with van der Waals surface area (Å²) in [6.45, 7) is 2.85. The van der Waals surface area contributed by atoms with Crippen LogP contribution in [0, 0.1) is 10.5 Å². The Labute approximate surface area is 238 Å². The van der Waals surface area contributed by atoms with Crippen LogP contribution in [0.4, 0.5) is 32.0 Å². The molecule has 0 radical (unpaired) electrons. The van der Waals surface area contributed by atoms with Crippen molar-refractivity contribution in [2.75, 3.05) is 16.9 Å². The van der Waals surface area contributed by atoms with E-state index in [-0.39, 0.29) is 33.5 Å². The second-order valence-corrected chi connectivity index (χ2v) is 10.8. The van der Waals surface area contributed by atoms with Crippen molar-refractivity contribution in [1.29, 1.82) is 0 Å². The van der Waals surface area contributed by atoms with Gasteiger partial charge in [0.1, 0.15) is 5.69 Å². The van der Waals surface area contributed by atoms with E-state index in [1.165, 1.54) is 40.9 Å². The minimum Gasteiger partial charge on any atom is -0.366 e. The van der Waals surface area contributed by atoms with Crippen molar-refractivity contribution in [3.8, 4) is 0 Å². The Morgan fingerprint density at radius 3 is 2.31 bits per heavy atom. The summed E-state index contributed by atoms with van der Waals surface area (Å²) < 4.78 is 80.2. The van der Waals surface area contributed by atoms with Crippen LogP contribution in [0.3, 0.4) is 0 Å². The number of thioether (sulfide) groups is 1. The zero-order valence-electron chi connectivity index (χ0n) is 20.8. The summed E-state index contributed by atoms with van der Waals surface area (Å²) >= 11 is 3.39. The molecule has 2 N–H and O–H groups in total. The Bertz CT molecular complexity index is 1390. The largest absolute Gasteiger partial charge is 0.435 e. The Hall–Kier alpha value is -2.75. The van der Waals surface area contributed by atoms with Gasteiger partial charge in [-0.3, -0.25) is 14.3 Å². The molecule has 0 aliphatic carbocycles. The average molecular weight is 684 g/mol.